The Morgan fingerprint density at radius 2 is 1.62 bits per heavy atom. The molecule has 2 nitrogen and oxygen atoms in total. The topological polar surface area (TPSA) is 18.5 Å². The number of halogens is 5. The Morgan fingerprint density at radius 3 is 2.12 bits per heavy atom. The summed E-state index contributed by atoms with van der Waals surface area (Å²) in [6.45, 7) is 0. The summed E-state index contributed by atoms with van der Waals surface area (Å²) in [5.41, 5.74) is -0.388. The number of alkyl halides is 3. The Bertz CT molecular complexity index is 471. The highest BCUT2D eigenvalue weighted by Gasteiger charge is 2.27. The summed E-state index contributed by atoms with van der Waals surface area (Å²) < 4.78 is 34.1. The first-order valence-corrected chi connectivity index (χ1v) is 4.91. The summed E-state index contributed by atoms with van der Waals surface area (Å²) in [5.74, 6) is 0. The van der Waals surface area contributed by atoms with Gasteiger partial charge in [-0.2, -0.15) is 8.78 Å². The van der Waals surface area contributed by atoms with E-state index in [1.54, 1.807) is 0 Å². The minimum atomic E-state index is -3.46. The minimum Gasteiger partial charge on any atom is -0.393 e. The van der Waals surface area contributed by atoms with Gasteiger partial charge in [-0.15, -0.1) is 0 Å². The minimum absolute atomic E-state index is 0.258. The Hall–Kier alpha value is -0.710. The lowest BCUT2D eigenvalue weighted by molar-refractivity contribution is 0.0950. The Balaban J connectivity index is 3.41. The molecule has 7 heteroatoms. The third-order valence-electron chi connectivity index (χ3n) is 1.76. The van der Waals surface area contributed by atoms with Crippen molar-refractivity contribution in [2.45, 2.75) is 5.38 Å². The van der Waals surface area contributed by atoms with E-state index in [1.165, 1.54) is 6.07 Å². The van der Waals surface area contributed by atoms with Gasteiger partial charge in [0.1, 0.15) is 36.3 Å². The van der Waals surface area contributed by atoms with Gasteiger partial charge >= 0.3 is 5.38 Å². The van der Waals surface area contributed by atoms with Gasteiger partial charge in [-0.3, -0.25) is 0 Å². The highest BCUT2D eigenvalue weighted by Crippen LogP contribution is 2.30. The molecule has 0 N–H and O–H groups in total. The standard InChI is InChI=1S/C9H5Cl3F2O2/c10-9(13,14)8-2-1-6(4-15-11)7(3-8)5-16-12/h1-5H. The van der Waals surface area contributed by atoms with Gasteiger partial charge in [-0.1, -0.05) is 12.1 Å². The van der Waals surface area contributed by atoms with Gasteiger partial charge < -0.3 is 8.58 Å². The lowest BCUT2D eigenvalue weighted by Crippen LogP contribution is -2.26. The van der Waals surface area contributed by atoms with Crippen LogP contribution < -0.4 is 10.4 Å². The maximum absolute atomic E-state index is 12.8. The van der Waals surface area contributed by atoms with E-state index in [1.807, 2.05) is 0 Å². The zero-order valence-corrected chi connectivity index (χ0v) is 9.86. The van der Waals surface area contributed by atoms with Crippen LogP contribution in [-0.4, -0.2) is 0 Å². The monoisotopic (exact) mass is 288 g/mol. The van der Waals surface area contributed by atoms with Crippen molar-refractivity contribution in [2.75, 3.05) is 0 Å². The van der Waals surface area contributed by atoms with Crippen LogP contribution in [0.5, 0.6) is 0 Å². The molecular formula is C9H5Cl3F2O2. The van der Waals surface area contributed by atoms with E-state index in [-0.39, 0.29) is 10.8 Å². The van der Waals surface area contributed by atoms with Gasteiger partial charge in [0.25, 0.3) is 0 Å². The first kappa shape index (κ1) is 13.4. The summed E-state index contributed by atoms with van der Waals surface area (Å²) in [6, 6.07) is 3.59. The average Bonchev–Trinajstić information content (AvgIpc) is 2.19. The third kappa shape index (κ3) is 3.40. The molecule has 0 aliphatic heterocycles. The van der Waals surface area contributed by atoms with Gasteiger partial charge in [-0.05, 0) is 17.7 Å². The summed E-state index contributed by atoms with van der Waals surface area (Å²) in [7, 11) is 0. The van der Waals surface area contributed by atoms with E-state index in [0.717, 1.165) is 24.7 Å². The van der Waals surface area contributed by atoms with Crippen LogP contribution in [0.15, 0.2) is 18.2 Å². The lowest BCUT2D eigenvalue weighted by atomic mass is 10.1. The molecule has 0 aromatic heterocycles. The predicted molar refractivity (Wildman–Crippen MR) is 58.2 cm³/mol. The fraction of sp³-hybridized carbons (Fsp3) is 0.111. The normalized spacial score (nSPS) is 14.1. The molecule has 0 bridgehead atoms. The number of benzene rings is 1. The van der Waals surface area contributed by atoms with E-state index < -0.39 is 5.38 Å². The van der Waals surface area contributed by atoms with Crippen LogP contribution in [0.3, 0.4) is 0 Å². The Labute approximate surface area is 105 Å². The van der Waals surface area contributed by atoms with Crippen molar-refractivity contribution in [3.05, 3.63) is 34.2 Å². The molecule has 0 fully saturated rings. The van der Waals surface area contributed by atoms with Crippen molar-refractivity contribution in [1.29, 1.82) is 0 Å². The molecule has 0 saturated heterocycles. The van der Waals surface area contributed by atoms with E-state index in [0.29, 0.717) is 5.22 Å². The fourth-order valence-corrected chi connectivity index (χ4v) is 1.37. The lowest BCUT2D eigenvalue weighted by Gasteiger charge is -2.07. The second-order valence-corrected chi connectivity index (χ2v) is 3.59. The zero-order chi connectivity index (χ0) is 12.2. The van der Waals surface area contributed by atoms with Gasteiger partial charge in [0.15, 0.2) is 0 Å². The van der Waals surface area contributed by atoms with Crippen molar-refractivity contribution < 1.29 is 17.4 Å². The average molecular weight is 289 g/mol. The maximum atomic E-state index is 12.8. The fourth-order valence-electron chi connectivity index (χ4n) is 1.06. The third-order valence-corrected chi connectivity index (χ3v) is 2.15. The van der Waals surface area contributed by atoms with Gasteiger partial charge in [0.05, 0.1) is 0 Å². The molecule has 0 unspecified atom stereocenters. The molecule has 16 heavy (non-hydrogen) atoms. The second kappa shape index (κ2) is 5.57. The molecule has 0 radical (unpaired) electrons. The SMILES string of the molecule is FC(F)(Cl)c1ccc(=COCl)c(=COCl)c1. The summed E-state index contributed by atoms with van der Waals surface area (Å²) in [4.78, 5) is 0. The first-order chi connectivity index (χ1) is 7.49. The predicted octanol–water partition coefficient (Wildman–Crippen LogP) is 2.79. The van der Waals surface area contributed by atoms with Gasteiger partial charge in [0, 0.05) is 16.0 Å². The highest BCUT2D eigenvalue weighted by molar-refractivity contribution is 6.21. The van der Waals surface area contributed by atoms with E-state index in [9.17, 15) is 8.78 Å². The number of hydrogen-bond acceptors (Lipinski definition) is 2. The highest BCUT2D eigenvalue weighted by atomic mass is 35.5. The summed E-state index contributed by atoms with van der Waals surface area (Å²) in [5, 5.41) is -2.79. The number of hydrogen-bond donors (Lipinski definition) is 0. The van der Waals surface area contributed by atoms with Crippen LogP contribution in [-0.2, 0) is 14.0 Å². The second-order valence-electron chi connectivity index (χ2n) is 2.76. The molecular weight excluding hydrogens is 284 g/mol. The molecule has 0 aliphatic carbocycles. The van der Waals surface area contributed by atoms with Crippen LogP contribution in [0.25, 0.3) is 12.5 Å². The molecule has 0 spiro atoms. The molecule has 0 atom stereocenters. The van der Waals surface area contributed by atoms with Crippen LogP contribution in [0.2, 0.25) is 0 Å². The van der Waals surface area contributed by atoms with Crippen molar-refractivity contribution in [3.63, 3.8) is 0 Å². The summed E-state index contributed by atoms with van der Waals surface area (Å²) in [6.07, 6.45) is 2.19. The molecule has 1 aromatic carbocycles. The molecule has 0 saturated carbocycles. The number of rotatable bonds is 3. The van der Waals surface area contributed by atoms with Crippen LogP contribution in [0.1, 0.15) is 5.56 Å². The molecule has 0 aliphatic rings. The quantitative estimate of drug-likeness (QED) is 0.797. The maximum Gasteiger partial charge on any atom is 0.348 e. The van der Waals surface area contributed by atoms with E-state index in [2.05, 4.69) is 8.58 Å². The van der Waals surface area contributed by atoms with Crippen LogP contribution in [0.4, 0.5) is 8.78 Å². The Kier molecular flexibility index (Phi) is 4.65. The van der Waals surface area contributed by atoms with Crippen molar-refractivity contribution >= 4 is 47.9 Å². The largest absolute Gasteiger partial charge is 0.393 e. The van der Waals surface area contributed by atoms with Crippen LogP contribution in [0, 0.1) is 0 Å². The molecule has 0 heterocycles. The summed E-state index contributed by atoms with van der Waals surface area (Å²) >= 11 is 14.9. The zero-order valence-electron chi connectivity index (χ0n) is 7.59. The molecule has 1 aromatic rings. The smallest absolute Gasteiger partial charge is 0.348 e. The van der Waals surface area contributed by atoms with E-state index in [4.69, 9.17) is 35.3 Å². The first-order valence-electron chi connectivity index (χ1n) is 3.91. The molecule has 0 amide bonds. The van der Waals surface area contributed by atoms with Crippen molar-refractivity contribution in [1.82, 2.24) is 0 Å². The molecule has 1 rings (SSSR count). The van der Waals surface area contributed by atoms with Crippen molar-refractivity contribution in [3.8, 4) is 0 Å². The van der Waals surface area contributed by atoms with Gasteiger partial charge in [-0.25, -0.2) is 0 Å². The Morgan fingerprint density at radius 1 is 1.06 bits per heavy atom. The van der Waals surface area contributed by atoms with E-state index >= 15 is 0 Å². The van der Waals surface area contributed by atoms with Crippen LogP contribution >= 0.6 is 35.3 Å². The van der Waals surface area contributed by atoms with Gasteiger partial charge in [0.2, 0.25) is 0 Å². The van der Waals surface area contributed by atoms with Crippen molar-refractivity contribution in [2.24, 2.45) is 0 Å². The molecule has 88 valence electrons.